The number of rotatable bonds is 9. The molecule has 0 rings (SSSR count). The van der Waals surface area contributed by atoms with E-state index in [9.17, 15) is 4.21 Å². The summed E-state index contributed by atoms with van der Waals surface area (Å²) in [6, 6.07) is 0.215. The first-order chi connectivity index (χ1) is 6.74. The second-order valence-corrected chi connectivity index (χ2v) is 5.10. The average Bonchev–Trinajstić information content (AvgIpc) is 2.15. The van der Waals surface area contributed by atoms with E-state index in [1.807, 2.05) is 6.92 Å². The summed E-state index contributed by atoms with van der Waals surface area (Å²) in [4.78, 5) is 0. The lowest BCUT2D eigenvalue weighted by Crippen LogP contribution is -2.35. The van der Waals surface area contributed by atoms with Crippen molar-refractivity contribution in [3.05, 3.63) is 0 Å². The summed E-state index contributed by atoms with van der Waals surface area (Å²) in [7, 11) is -0.729. The van der Waals surface area contributed by atoms with Crippen molar-refractivity contribution >= 4 is 10.8 Å². The van der Waals surface area contributed by atoms with Crippen LogP contribution in [0.5, 0.6) is 0 Å². The molecule has 2 unspecified atom stereocenters. The first-order valence-electron chi connectivity index (χ1n) is 5.43. The molecule has 0 heterocycles. The van der Waals surface area contributed by atoms with E-state index in [4.69, 9.17) is 5.11 Å². The summed E-state index contributed by atoms with van der Waals surface area (Å²) in [5, 5.41) is 12.1. The smallest absolute Gasteiger partial charge is 0.0446 e. The lowest BCUT2D eigenvalue weighted by atomic mass is 10.2. The van der Waals surface area contributed by atoms with Crippen LogP contribution >= 0.6 is 0 Å². The van der Waals surface area contributed by atoms with Crippen LogP contribution < -0.4 is 5.32 Å². The average molecular weight is 221 g/mol. The van der Waals surface area contributed by atoms with Gasteiger partial charge in [0.15, 0.2) is 0 Å². The molecular formula is C10H23NO2S. The van der Waals surface area contributed by atoms with E-state index in [0.29, 0.717) is 12.2 Å². The topological polar surface area (TPSA) is 49.3 Å². The molecule has 0 radical (unpaired) electrons. The molecule has 2 N–H and O–H groups in total. The van der Waals surface area contributed by atoms with Crippen molar-refractivity contribution in [2.75, 3.05) is 24.7 Å². The molecule has 0 aliphatic rings. The van der Waals surface area contributed by atoms with Gasteiger partial charge in [-0.2, -0.15) is 0 Å². The van der Waals surface area contributed by atoms with Gasteiger partial charge in [0.05, 0.1) is 0 Å². The summed E-state index contributed by atoms with van der Waals surface area (Å²) < 4.78 is 11.5. The maximum atomic E-state index is 11.5. The van der Waals surface area contributed by atoms with Gasteiger partial charge in [-0.15, -0.1) is 0 Å². The van der Waals surface area contributed by atoms with Gasteiger partial charge in [0.1, 0.15) is 0 Å². The van der Waals surface area contributed by atoms with Crippen molar-refractivity contribution in [3.8, 4) is 0 Å². The lowest BCUT2D eigenvalue weighted by Gasteiger charge is -2.16. The zero-order valence-electron chi connectivity index (χ0n) is 9.29. The maximum absolute atomic E-state index is 11.5. The number of nitrogens with one attached hydrogen (secondary N) is 1. The third kappa shape index (κ3) is 7.47. The van der Waals surface area contributed by atoms with Crippen LogP contribution in [-0.4, -0.2) is 40.0 Å². The molecule has 0 aliphatic carbocycles. The molecule has 4 heteroatoms. The molecule has 0 saturated carbocycles. The minimum Gasteiger partial charge on any atom is -0.396 e. The molecule has 2 atom stereocenters. The second kappa shape index (κ2) is 9.62. The van der Waals surface area contributed by atoms with Crippen LogP contribution in [0.2, 0.25) is 0 Å². The van der Waals surface area contributed by atoms with Gasteiger partial charge in [-0.1, -0.05) is 13.8 Å². The van der Waals surface area contributed by atoms with Crippen molar-refractivity contribution < 1.29 is 9.32 Å². The first-order valence-corrected chi connectivity index (χ1v) is 6.92. The highest BCUT2D eigenvalue weighted by Gasteiger charge is 2.10. The van der Waals surface area contributed by atoms with Crippen LogP contribution in [0, 0.1) is 0 Å². The molecule has 0 aromatic heterocycles. The van der Waals surface area contributed by atoms with Crippen LogP contribution in [0.4, 0.5) is 0 Å². The SMILES string of the molecule is CCCNC(CCO)CS(=O)CCC. The Hall–Kier alpha value is 0.0700. The molecule has 0 spiro atoms. The third-order valence-corrected chi connectivity index (χ3v) is 3.62. The van der Waals surface area contributed by atoms with Crippen molar-refractivity contribution in [1.82, 2.24) is 5.32 Å². The number of aliphatic hydroxyl groups excluding tert-OH is 1. The van der Waals surface area contributed by atoms with Crippen LogP contribution in [0.3, 0.4) is 0 Å². The summed E-state index contributed by atoms with van der Waals surface area (Å²) in [6.07, 6.45) is 2.74. The Kier molecular flexibility index (Phi) is 9.67. The summed E-state index contributed by atoms with van der Waals surface area (Å²) >= 11 is 0. The highest BCUT2D eigenvalue weighted by atomic mass is 32.2. The van der Waals surface area contributed by atoms with Gasteiger partial charge in [0.25, 0.3) is 0 Å². The molecule has 0 bridgehead atoms. The highest BCUT2D eigenvalue weighted by Crippen LogP contribution is 1.97. The van der Waals surface area contributed by atoms with Gasteiger partial charge >= 0.3 is 0 Å². The van der Waals surface area contributed by atoms with Gasteiger partial charge in [-0.3, -0.25) is 4.21 Å². The molecule has 0 aliphatic heterocycles. The molecule has 0 aromatic carbocycles. The Morgan fingerprint density at radius 1 is 1.36 bits per heavy atom. The van der Waals surface area contributed by atoms with Gasteiger partial charge in [-0.25, -0.2) is 0 Å². The molecular weight excluding hydrogens is 198 g/mol. The van der Waals surface area contributed by atoms with Gasteiger partial charge in [-0.05, 0) is 25.8 Å². The molecule has 0 fully saturated rings. The highest BCUT2D eigenvalue weighted by molar-refractivity contribution is 7.85. The standard InChI is InChI=1S/C10H23NO2S/c1-3-6-11-10(5-7-12)9-14(13)8-4-2/h10-12H,3-9H2,1-2H3. The van der Waals surface area contributed by atoms with Gasteiger partial charge in [0.2, 0.25) is 0 Å². The van der Waals surface area contributed by atoms with E-state index >= 15 is 0 Å². The maximum Gasteiger partial charge on any atom is 0.0446 e. The lowest BCUT2D eigenvalue weighted by molar-refractivity contribution is 0.270. The van der Waals surface area contributed by atoms with Crippen LogP contribution in [0.15, 0.2) is 0 Å². The quantitative estimate of drug-likeness (QED) is 0.608. The van der Waals surface area contributed by atoms with E-state index in [-0.39, 0.29) is 12.6 Å². The van der Waals surface area contributed by atoms with E-state index in [1.165, 1.54) is 0 Å². The van der Waals surface area contributed by atoms with Crippen molar-refractivity contribution in [3.63, 3.8) is 0 Å². The van der Waals surface area contributed by atoms with Crippen LogP contribution in [0.1, 0.15) is 33.1 Å². The van der Waals surface area contributed by atoms with Crippen molar-refractivity contribution in [2.45, 2.75) is 39.2 Å². The first kappa shape index (κ1) is 14.1. The molecule has 86 valence electrons. The normalized spacial score (nSPS) is 15.4. The van der Waals surface area contributed by atoms with E-state index in [2.05, 4.69) is 12.2 Å². The van der Waals surface area contributed by atoms with E-state index in [0.717, 1.165) is 25.1 Å². The van der Waals surface area contributed by atoms with Gasteiger partial charge < -0.3 is 10.4 Å². The number of hydrogen-bond acceptors (Lipinski definition) is 3. The Morgan fingerprint density at radius 2 is 2.07 bits per heavy atom. The molecule has 0 aromatic rings. The van der Waals surface area contributed by atoms with Gasteiger partial charge in [0, 0.05) is 35.0 Å². The molecule has 0 saturated heterocycles. The Bertz CT molecular complexity index is 153. The Balaban J connectivity index is 3.75. The van der Waals surface area contributed by atoms with Crippen LogP contribution in [0.25, 0.3) is 0 Å². The predicted octanol–water partition coefficient (Wildman–Crippen LogP) is 0.896. The molecule has 0 amide bonds. The van der Waals surface area contributed by atoms with Crippen LogP contribution in [-0.2, 0) is 10.8 Å². The van der Waals surface area contributed by atoms with Crippen molar-refractivity contribution in [1.29, 1.82) is 0 Å². The monoisotopic (exact) mass is 221 g/mol. The fraction of sp³-hybridized carbons (Fsp3) is 1.00. The largest absolute Gasteiger partial charge is 0.396 e. The van der Waals surface area contributed by atoms with E-state index in [1.54, 1.807) is 0 Å². The fourth-order valence-corrected chi connectivity index (χ4v) is 2.64. The van der Waals surface area contributed by atoms with Crippen molar-refractivity contribution in [2.24, 2.45) is 0 Å². The number of hydrogen-bond donors (Lipinski definition) is 2. The summed E-state index contributed by atoms with van der Waals surface area (Å²) in [5.74, 6) is 1.45. The summed E-state index contributed by atoms with van der Waals surface area (Å²) in [6.45, 7) is 5.25. The predicted molar refractivity (Wildman–Crippen MR) is 62.0 cm³/mol. The third-order valence-electron chi connectivity index (χ3n) is 1.98. The Morgan fingerprint density at radius 3 is 2.57 bits per heavy atom. The fourth-order valence-electron chi connectivity index (χ4n) is 1.28. The zero-order valence-corrected chi connectivity index (χ0v) is 10.1. The summed E-state index contributed by atoms with van der Waals surface area (Å²) in [5.41, 5.74) is 0. The minimum atomic E-state index is -0.729. The Labute approximate surface area is 89.7 Å². The zero-order chi connectivity index (χ0) is 10.8. The number of aliphatic hydroxyl groups is 1. The molecule has 3 nitrogen and oxygen atoms in total. The molecule has 14 heavy (non-hydrogen) atoms. The van der Waals surface area contributed by atoms with E-state index < -0.39 is 10.8 Å². The second-order valence-electron chi connectivity index (χ2n) is 3.47. The minimum absolute atomic E-state index is 0.171.